The van der Waals surface area contributed by atoms with Gasteiger partial charge in [-0.15, -0.1) is 0 Å². The van der Waals surface area contributed by atoms with Gasteiger partial charge >= 0.3 is 0 Å². The Morgan fingerprint density at radius 1 is 1.40 bits per heavy atom. The van der Waals surface area contributed by atoms with Gasteiger partial charge < -0.3 is 10.1 Å². The van der Waals surface area contributed by atoms with E-state index in [1.54, 1.807) is 6.20 Å². The minimum Gasteiger partial charge on any atom is -0.388 e. The molecule has 0 aromatic carbocycles. The molecule has 0 aliphatic carbocycles. The fourth-order valence-corrected chi connectivity index (χ4v) is 1.34. The van der Waals surface area contributed by atoms with Gasteiger partial charge in [0.25, 0.3) is 0 Å². The Kier molecular flexibility index (Phi) is 5.78. The van der Waals surface area contributed by atoms with E-state index in [1.807, 2.05) is 19.2 Å². The van der Waals surface area contributed by atoms with Gasteiger partial charge in [-0.2, -0.15) is 0 Å². The summed E-state index contributed by atoms with van der Waals surface area (Å²) in [5.74, 6) is 0. The lowest BCUT2D eigenvalue weighted by atomic mass is 10.3. The molecule has 15 heavy (non-hydrogen) atoms. The quantitative estimate of drug-likeness (QED) is 0.700. The first kappa shape index (κ1) is 12.0. The maximum Gasteiger partial charge on any atom is 0.0888 e. The highest BCUT2D eigenvalue weighted by Crippen LogP contribution is 2.07. The smallest absolute Gasteiger partial charge is 0.0888 e. The van der Waals surface area contributed by atoms with Gasteiger partial charge in [0, 0.05) is 25.5 Å². The molecule has 0 bridgehead atoms. The first-order valence-electron chi connectivity index (χ1n) is 5.57. The van der Waals surface area contributed by atoms with Crippen LogP contribution in [0, 0.1) is 0 Å². The van der Waals surface area contributed by atoms with Crippen molar-refractivity contribution >= 4 is 5.69 Å². The average molecular weight is 208 g/mol. The summed E-state index contributed by atoms with van der Waals surface area (Å²) in [6, 6.07) is 3.96. The van der Waals surface area contributed by atoms with Crippen LogP contribution in [0.1, 0.15) is 31.9 Å². The third-order valence-electron chi connectivity index (χ3n) is 2.25. The predicted molar refractivity (Wildman–Crippen MR) is 63.0 cm³/mol. The third-order valence-corrected chi connectivity index (χ3v) is 2.25. The van der Waals surface area contributed by atoms with E-state index in [0.717, 1.165) is 24.4 Å². The molecule has 0 amide bonds. The Hall–Kier alpha value is -1.09. The molecular weight excluding hydrogens is 188 g/mol. The Morgan fingerprint density at radius 2 is 2.27 bits per heavy atom. The highest BCUT2D eigenvalue weighted by molar-refractivity contribution is 5.42. The van der Waals surface area contributed by atoms with Gasteiger partial charge in [0.15, 0.2) is 0 Å². The van der Waals surface area contributed by atoms with E-state index < -0.39 is 0 Å². The van der Waals surface area contributed by atoms with Crippen LogP contribution in [-0.2, 0) is 11.3 Å². The Morgan fingerprint density at radius 3 is 3.00 bits per heavy atom. The first-order chi connectivity index (χ1) is 7.36. The average Bonchev–Trinajstić information content (AvgIpc) is 2.29. The molecule has 0 fully saturated rings. The molecular formula is C12H20N2O. The minimum atomic E-state index is 0.610. The molecule has 1 N–H and O–H groups in total. The Labute approximate surface area is 91.9 Å². The zero-order valence-corrected chi connectivity index (χ0v) is 9.62. The predicted octanol–water partition coefficient (Wildman–Crippen LogP) is 2.83. The monoisotopic (exact) mass is 208 g/mol. The van der Waals surface area contributed by atoms with Crippen LogP contribution in [-0.4, -0.2) is 18.6 Å². The van der Waals surface area contributed by atoms with Gasteiger partial charge in [0.1, 0.15) is 0 Å². The van der Waals surface area contributed by atoms with E-state index in [2.05, 4.69) is 17.2 Å². The van der Waals surface area contributed by atoms with Gasteiger partial charge in [0.2, 0.25) is 0 Å². The van der Waals surface area contributed by atoms with E-state index in [-0.39, 0.29) is 0 Å². The molecule has 0 spiro atoms. The Bertz CT molecular complexity index is 276. The SMILES string of the molecule is CCCCCOCc1cc(NC)ccn1. The molecule has 1 heterocycles. The van der Waals surface area contributed by atoms with Crippen LogP contribution in [0.25, 0.3) is 0 Å². The van der Waals surface area contributed by atoms with Crippen molar-refractivity contribution in [3.8, 4) is 0 Å². The van der Waals surface area contributed by atoms with E-state index >= 15 is 0 Å². The lowest BCUT2D eigenvalue weighted by Gasteiger charge is -2.05. The summed E-state index contributed by atoms with van der Waals surface area (Å²) in [5.41, 5.74) is 2.07. The van der Waals surface area contributed by atoms with Crippen LogP contribution in [0.5, 0.6) is 0 Å². The van der Waals surface area contributed by atoms with Crippen molar-refractivity contribution in [3.05, 3.63) is 24.0 Å². The zero-order valence-electron chi connectivity index (χ0n) is 9.62. The fourth-order valence-electron chi connectivity index (χ4n) is 1.34. The summed E-state index contributed by atoms with van der Waals surface area (Å²) in [6.45, 7) is 3.64. The number of rotatable bonds is 7. The van der Waals surface area contributed by atoms with Gasteiger partial charge in [-0.3, -0.25) is 4.98 Å². The van der Waals surface area contributed by atoms with Gasteiger partial charge in [-0.05, 0) is 18.6 Å². The van der Waals surface area contributed by atoms with Gasteiger partial charge in [-0.25, -0.2) is 0 Å². The summed E-state index contributed by atoms with van der Waals surface area (Å²) in [6.07, 6.45) is 5.42. The summed E-state index contributed by atoms with van der Waals surface area (Å²) < 4.78 is 5.53. The summed E-state index contributed by atoms with van der Waals surface area (Å²) >= 11 is 0. The molecule has 0 unspecified atom stereocenters. The number of nitrogens with zero attached hydrogens (tertiary/aromatic N) is 1. The highest BCUT2D eigenvalue weighted by atomic mass is 16.5. The molecule has 3 nitrogen and oxygen atoms in total. The molecule has 0 saturated heterocycles. The van der Waals surface area contributed by atoms with Crippen molar-refractivity contribution < 1.29 is 4.74 Å². The number of anilines is 1. The zero-order chi connectivity index (χ0) is 10.9. The fraction of sp³-hybridized carbons (Fsp3) is 0.583. The van der Waals surface area contributed by atoms with Crippen LogP contribution in [0.4, 0.5) is 5.69 Å². The molecule has 84 valence electrons. The van der Waals surface area contributed by atoms with Crippen molar-refractivity contribution in [2.24, 2.45) is 0 Å². The van der Waals surface area contributed by atoms with E-state index in [1.165, 1.54) is 12.8 Å². The van der Waals surface area contributed by atoms with Crippen molar-refractivity contribution in [2.75, 3.05) is 19.0 Å². The number of hydrogen-bond acceptors (Lipinski definition) is 3. The molecule has 3 heteroatoms. The molecule has 0 aliphatic heterocycles. The number of aromatic nitrogens is 1. The second-order valence-electron chi connectivity index (χ2n) is 3.55. The number of hydrogen-bond donors (Lipinski definition) is 1. The lowest BCUT2D eigenvalue weighted by Crippen LogP contribution is -1.98. The largest absolute Gasteiger partial charge is 0.388 e. The summed E-state index contributed by atoms with van der Waals surface area (Å²) in [4.78, 5) is 4.24. The summed E-state index contributed by atoms with van der Waals surface area (Å²) in [7, 11) is 1.90. The van der Waals surface area contributed by atoms with Crippen molar-refractivity contribution in [2.45, 2.75) is 32.8 Å². The summed E-state index contributed by atoms with van der Waals surface area (Å²) in [5, 5.41) is 3.08. The number of pyridine rings is 1. The number of unbranched alkanes of at least 4 members (excludes halogenated alkanes) is 2. The standard InChI is InChI=1S/C12H20N2O/c1-3-4-5-8-15-10-12-9-11(13-2)6-7-14-12/h6-7,9H,3-5,8,10H2,1-2H3,(H,13,14). The van der Waals surface area contributed by atoms with E-state index in [4.69, 9.17) is 4.74 Å². The molecule has 0 saturated carbocycles. The van der Waals surface area contributed by atoms with Crippen molar-refractivity contribution in [1.82, 2.24) is 4.98 Å². The van der Waals surface area contributed by atoms with Crippen LogP contribution in [0.2, 0.25) is 0 Å². The van der Waals surface area contributed by atoms with E-state index in [0.29, 0.717) is 6.61 Å². The van der Waals surface area contributed by atoms with Crippen molar-refractivity contribution in [1.29, 1.82) is 0 Å². The normalized spacial score (nSPS) is 10.3. The topological polar surface area (TPSA) is 34.1 Å². The van der Waals surface area contributed by atoms with E-state index in [9.17, 15) is 0 Å². The molecule has 0 atom stereocenters. The van der Waals surface area contributed by atoms with Gasteiger partial charge in [0.05, 0.1) is 12.3 Å². The van der Waals surface area contributed by atoms with Crippen LogP contribution in [0.3, 0.4) is 0 Å². The second-order valence-corrected chi connectivity index (χ2v) is 3.55. The molecule has 1 aromatic heterocycles. The Balaban J connectivity index is 2.24. The molecule has 1 rings (SSSR count). The maximum atomic E-state index is 5.53. The number of ether oxygens (including phenoxy) is 1. The van der Waals surface area contributed by atoms with Crippen molar-refractivity contribution in [3.63, 3.8) is 0 Å². The third kappa shape index (κ3) is 4.79. The molecule has 1 aromatic rings. The van der Waals surface area contributed by atoms with Crippen LogP contribution in [0.15, 0.2) is 18.3 Å². The minimum absolute atomic E-state index is 0.610. The highest BCUT2D eigenvalue weighted by Gasteiger charge is 1.96. The lowest BCUT2D eigenvalue weighted by molar-refractivity contribution is 0.114. The maximum absolute atomic E-state index is 5.53. The van der Waals surface area contributed by atoms with Gasteiger partial charge in [-0.1, -0.05) is 19.8 Å². The molecule has 0 aliphatic rings. The molecule has 0 radical (unpaired) electrons. The number of nitrogens with one attached hydrogen (secondary N) is 1. The first-order valence-corrected chi connectivity index (χ1v) is 5.57. The van der Waals surface area contributed by atoms with Crippen LogP contribution >= 0.6 is 0 Å². The van der Waals surface area contributed by atoms with Crippen LogP contribution < -0.4 is 5.32 Å². The second kappa shape index (κ2) is 7.23.